The number of carbonyl (C=O) groups is 1. The third-order valence-corrected chi connectivity index (χ3v) is 6.13. The zero-order chi connectivity index (χ0) is 18.3. The first kappa shape index (κ1) is 17.2. The van der Waals surface area contributed by atoms with Crippen molar-refractivity contribution in [2.45, 2.75) is 43.7 Å². The number of carbonyl (C=O) groups excluding carboxylic acids is 1. The van der Waals surface area contributed by atoms with Crippen molar-refractivity contribution in [3.8, 4) is 0 Å². The van der Waals surface area contributed by atoms with E-state index in [2.05, 4.69) is 34.5 Å². The van der Waals surface area contributed by atoms with Crippen molar-refractivity contribution in [3.63, 3.8) is 0 Å². The highest BCUT2D eigenvalue weighted by atomic mass is 16.2. The van der Waals surface area contributed by atoms with Gasteiger partial charge in [0.15, 0.2) is 5.82 Å². The van der Waals surface area contributed by atoms with Gasteiger partial charge in [-0.05, 0) is 55.9 Å². The molecule has 0 spiro atoms. The Kier molecular flexibility index (Phi) is 4.30. The zero-order valence-corrected chi connectivity index (χ0v) is 15.8. The number of likely N-dealkylation sites (N-methyl/N-ethyl adjacent to an activating group) is 1. The van der Waals surface area contributed by atoms with Crippen LogP contribution in [0.15, 0.2) is 18.3 Å². The lowest BCUT2D eigenvalue weighted by Crippen LogP contribution is -2.47. The second-order valence-corrected chi connectivity index (χ2v) is 7.79. The SMILES string of the molecule is CN(C)C1(c2nnnn2C2CCCC2)CCN(C(=O)c2cccn2C)C1. The van der Waals surface area contributed by atoms with Crippen LogP contribution in [0, 0.1) is 0 Å². The van der Waals surface area contributed by atoms with Crippen LogP contribution >= 0.6 is 0 Å². The van der Waals surface area contributed by atoms with Crippen LogP contribution < -0.4 is 0 Å². The van der Waals surface area contributed by atoms with Gasteiger partial charge in [-0.15, -0.1) is 5.10 Å². The average molecular weight is 357 g/mol. The normalized spacial score (nSPS) is 24.1. The van der Waals surface area contributed by atoms with E-state index >= 15 is 0 Å². The fourth-order valence-electron chi connectivity index (χ4n) is 4.45. The summed E-state index contributed by atoms with van der Waals surface area (Å²) in [4.78, 5) is 17.1. The molecule has 1 atom stereocenters. The fourth-order valence-corrected chi connectivity index (χ4v) is 4.45. The molecular formula is C18H27N7O. The first-order valence-electron chi connectivity index (χ1n) is 9.39. The van der Waals surface area contributed by atoms with Gasteiger partial charge in [-0.3, -0.25) is 9.69 Å². The third-order valence-electron chi connectivity index (χ3n) is 6.13. The van der Waals surface area contributed by atoms with E-state index in [1.54, 1.807) is 0 Å². The Hall–Kier alpha value is -2.22. The van der Waals surface area contributed by atoms with Gasteiger partial charge >= 0.3 is 0 Å². The van der Waals surface area contributed by atoms with Gasteiger partial charge in [0, 0.05) is 26.3 Å². The molecule has 2 aliphatic rings. The molecule has 1 aliphatic carbocycles. The average Bonchev–Trinajstić information content (AvgIpc) is 3.38. The molecule has 4 rings (SSSR count). The highest BCUT2D eigenvalue weighted by molar-refractivity contribution is 5.93. The van der Waals surface area contributed by atoms with E-state index in [-0.39, 0.29) is 11.4 Å². The van der Waals surface area contributed by atoms with Crippen LogP contribution in [0.5, 0.6) is 0 Å². The second kappa shape index (κ2) is 6.50. The Labute approximate surface area is 153 Å². The smallest absolute Gasteiger partial charge is 0.270 e. The predicted molar refractivity (Wildman–Crippen MR) is 96.6 cm³/mol. The number of likely N-dealkylation sites (tertiary alicyclic amines) is 1. The molecule has 8 nitrogen and oxygen atoms in total. The standard InChI is InChI=1S/C18H27N7O/c1-22(2)18(17-19-20-21-25(17)14-7-4-5-8-14)10-12-24(13-18)16(26)15-9-6-11-23(15)3/h6,9,11,14H,4-5,7-8,10,12-13H2,1-3H3. The van der Waals surface area contributed by atoms with E-state index in [1.165, 1.54) is 12.8 Å². The van der Waals surface area contributed by atoms with Crippen LogP contribution in [0.2, 0.25) is 0 Å². The molecule has 1 unspecified atom stereocenters. The van der Waals surface area contributed by atoms with E-state index in [0.29, 0.717) is 19.1 Å². The van der Waals surface area contributed by atoms with Crippen LogP contribution in [-0.2, 0) is 12.6 Å². The molecule has 0 bridgehead atoms. The van der Waals surface area contributed by atoms with Gasteiger partial charge in [0.25, 0.3) is 5.91 Å². The Morgan fingerprint density at radius 1 is 1.31 bits per heavy atom. The van der Waals surface area contributed by atoms with Crippen LogP contribution in [0.4, 0.5) is 0 Å². The summed E-state index contributed by atoms with van der Waals surface area (Å²) >= 11 is 0. The second-order valence-electron chi connectivity index (χ2n) is 7.79. The maximum absolute atomic E-state index is 13.0. The first-order chi connectivity index (χ1) is 12.5. The largest absolute Gasteiger partial charge is 0.347 e. The molecular weight excluding hydrogens is 330 g/mol. The van der Waals surface area contributed by atoms with Crippen LogP contribution in [0.1, 0.15) is 54.5 Å². The van der Waals surface area contributed by atoms with Crippen molar-refractivity contribution < 1.29 is 4.79 Å². The Balaban J connectivity index is 1.64. The van der Waals surface area contributed by atoms with Crippen molar-refractivity contribution in [2.75, 3.05) is 27.2 Å². The molecule has 1 aliphatic heterocycles. The van der Waals surface area contributed by atoms with Gasteiger partial charge in [0.1, 0.15) is 11.2 Å². The van der Waals surface area contributed by atoms with Gasteiger partial charge in [-0.2, -0.15) is 0 Å². The van der Waals surface area contributed by atoms with Crippen LogP contribution in [-0.4, -0.2) is 67.7 Å². The predicted octanol–water partition coefficient (Wildman–Crippen LogP) is 1.43. The minimum Gasteiger partial charge on any atom is -0.347 e. The lowest BCUT2D eigenvalue weighted by molar-refractivity contribution is 0.0728. The van der Waals surface area contributed by atoms with Gasteiger partial charge in [0.05, 0.1) is 6.04 Å². The summed E-state index contributed by atoms with van der Waals surface area (Å²) in [5.74, 6) is 0.970. The van der Waals surface area contributed by atoms with Crippen molar-refractivity contribution in [1.29, 1.82) is 0 Å². The number of amides is 1. The number of rotatable bonds is 4. The van der Waals surface area contributed by atoms with Crippen molar-refractivity contribution in [3.05, 3.63) is 29.8 Å². The minimum atomic E-state index is -0.340. The number of aromatic nitrogens is 5. The van der Waals surface area contributed by atoms with Gasteiger partial charge < -0.3 is 9.47 Å². The summed E-state index contributed by atoms with van der Waals surface area (Å²) in [5.41, 5.74) is 0.377. The number of hydrogen-bond donors (Lipinski definition) is 0. The van der Waals surface area contributed by atoms with Crippen LogP contribution in [0.3, 0.4) is 0 Å². The highest BCUT2D eigenvalue weighted by Gasteiger charge is 2.48. The maximum atomic E-state index is 13.0. The van der Waals surface area contributed by atoms with Crippen molar-refractivity contribution in [2.24, 2.45) is 7.05 Å². The van der Waals surface area contributed by atoms with E-state index in [1.807, 2.05) is 39.5 Å². The number of tetrazole rings is 1. The molecule has 3 heterocycles. The minimum absolute atomic E-state index is 0.0705. The Morgan fingerprint density at radius 2 is 2.08 bits per heavy atom. The molecule has 1 amide bonds. The van der Waals surface area contributed by atoms with Gasteiger partial charge in [-0.1, -0.05) is 12.8 Å². The molecule has 1 saturated carbocycles. The van der Waals surface area contributed by atoms with Crippen molar-refractivity contribution >= 4 is 5.91 Å². The maximum Gasteiger partial charge on any atom is 0.270 e. The molecule has 0 radical (unpaired) electrons. The molecule has 2 fully saturated rings. The molecule has 8 heteroatoms. The molecule has 2 aromatic heterocycles. The summed E-state index contributed by atoms with van der Waals surface area (Å²) < 4.78 is 3.91. The molecule has 1 saturated heterocycles. The van der Waals surface area contributed by atoms with E-state index < -0.39 is 0 Å². The van der Waals surface area contributed by atoms with E-state index in [9.17, 15) is 4.79 Å². The highest BCUT2D eigenvalue weighted by Crippen LogP contribution is 2.38. The Morgan fingerprint density at radius 3 is 2.73 bits per heavy atom. The monoisotopic (exact) mass is 357 g/mol. The summed E-state index contributed by atoms with van der Waals surface area (Å²) in [6, 6.07) is 4.17. The van der Waals surface area contributed by atoms with Crippen LogP contribution in [0.25, 0.3) is 0 Å². The molecule has 2 aromatic rings. The topological polar surface area (TPSA) is 72.1 Å². The molecule has 0 aromatic carbocycles. The molecule has 0 N–H and O–H groups in total. The third kappa shape index (κ3) is 2.63. The number of aryl methyl sites for hydroxylation is 1. The Bertz CT molecular complexity index is 789. The van der Waals surface area contributed by atoms with Gasteiger partial charge in [-0.25, -0.2) is 4.68 Å². The molecule has 140 valence electrons. The van der Waals surface area contributed by atoms with Crippen molar-refractivity contribution in [1.82, 2.24) is 34.6 Å². The zero-order valence-electron chi connectivity index (χ0n) is 15.8. The summed E-state index contributed by atoms with van der Waals surface area (Å²) in [6.45, 7) is 1.32. The van der Waals surface area contributed by atoms with Gasteiger partial charge in [0.2, 0.25) is 0 Å². The fraction of sp³-hybridized carbons (Fsp3) is 0.667. The number of nitrogens with zero attached hydrogens (tertiary/aromatic N) is 7. The quantitative estimate of drug-likeness (QED) is 0.828. The summed E-state index contributed by atoms with van der Waals surface area (Å²) in [7, 11) is 6.03. The summed E-state index contributed by atoms with van der Waals surface area (Å²) in [5, 5.41) is 12.8. The lowest BCUT2D eigenvalue weighted by Gasteiger charge is -2.35. The summed E-state index contributed by atoms with van der Waals surface area (Å²) in [6.07, 6.45) is 7.47. The first-order valence-corrected chi connectivity index (χ1v) is 9.39. The van der Waals surface area contributed by atoms with E-state index in [0.717, 1.165) is 30.8 Å². The number of hydrogen-bond acceptors (Lipinski definition) is 5. The molecule has 26 heavy (non-hydrogen) atoms. The van der Waals surface area contributed by atoms with E-state index in [4.69, 9.17) is 0 Å². The lowest BCUT2D eigenvalue weighted by atomic mass is 9.95.